The van der Waals surface area contributed by atoms with Gasteiger partial charge in [0.1, 0.15) is 11.6 Å². The van der Waals surface area contributed by atoms with Crippen LogP contribution in [0.1, 0.15) is 26.6 Å². The van der Waals surface area contributed by atoms with Crippen molar-refractivity contribution in [3.63, 3.8) is 0 Å². The van der Waals surface area contributed by atoms with Crippen molar-refractivity contribution in [1.29, 1.82) is 0 Å². The molecule has 0 aliphatic heterocycles. The number of rotatable bonds is 1. The van der Waals surface area contributed by atoms with Crippen molar-refractivity contribution in [2.24, 2.45) is 7.05 Å². The van der Waals surface area contributed by atoms with Crippen molar-refractivity contribution in [1.82, 2.24) is 9.55 Å². The molecule has 1 aromatic carbocycles. The first-order valence-corrected chi connectivity index (χ1v) is 5.44. The molecule has 0 amide bonds. The van der Waals surface area contributed by atoms with E-state index in [4.69, 9.17) is 4.74 Å². The summed E-state index contributed by atoms with van der Waals surface area (Å²) in [5.74, 6) is 1.95. The lowest BCUT2D eigenvalue weighted by molar-refractivity contribution is 0.415. The first-order chi connectivity index (χ1) is 7.43. The molecular formula is C13H18N2O. The molecule has 86 valence electrons. The van der Waals surface area contributed by atoms with Crippen LogP contribution in [0.15, 0.2) is 18.2 Å². The van der Waals surface area contributed by atoms with Gasteiger partial charge in [0.2, 0.25) is 0 Å². The van der Waals surface area contributed by atoms with E-state index in [0.717, 1.165) is 22.6 Å². The van der Waals surface area contributed by atoms with Gasteiger partial charge in [0.05, 0.1) is 18.1 Å². The van der Waals surface area contributed by atoms with Crippen LogP contribution in [0.4, 0.5) is 0 Å². The van der Waals surface area contributed by atoms with Gasteiger partial charge >= 0.3 is 0 Å². The molecule has 3 heteroatoms. The predicted octanol–water partition coefficient (Wildman–Crippen LogP) is 2.88. The maximum atomic E-state index is 5.21. The maximum absolute atomic E-state index is 5.21. The van der Waals surface area contributed by atoms with Gasteiger partial charge in [-0.3, -0.25) is 0 Å². The van der Waals surface area contributed by atoms with Crippen LogP contribution in [0.5, 0.6) is 5.75 Å². The van der Waals surface area contributed by atoms with E-state index >= 15 is 0 Å². The first kappa shape index (κ1) is 11.0. The number of hydrogen-bond acceptors (Lipinski definition) is 2. The molecule has 0 saturated carbocycles. The molecule has 1 heterocycles. The Kier molecular flexibility index (Phi) is 2.41. The highest BCUT2D eigenvalue weighted by Gasteiger charge is 2.21. The average Bonchev–Trinajstić information content (AvgIpc) is 2.55. The number of hydrogen-bond donors (Lipinski definition) is 0. The second kappa shape index (κ2) is 3.51. The molecule has 0 fully saturated rings. The molecule has 0 aliphatic carbocycles. The van der Waals surface area contributed by atoms with Crippen LogP contribution in [0, 0.1) is 0 Å². The van der Waals surface area contributed by atoms with Gasteiger partial charge in [0.15, 0.2) is 0 Å². The summed E-state index contributed by atoms with van der Waals surface area (Å²) in [7, 11) is 3.73. The minimum Gasteiger partial charge on any atom is -0.497 e. The van der Waals surface area contributed by atoms with Gasteiger partial charge in [-0.1, -0.05) is 20.8 Å². The number of imidazole rings is 1. The van der Waals surface area contributed by atoms with E-state index < -0.39 is 0 Å². The number of aryl methyl sites for hydroxylation is 1. The van der Waals surface area contributed by atoms with E-state index in [1.165, 1.54) is 0 Å². The molecule has 0 radical (unpaired) electrons. The van der Waals surface area contributed by atoms with Gasteiger partial charge in [0, 0.05) is 18.5 Å². The predicted molar refractivity (Wildman–Crippen MR) is 66.0 cm³/mol. The van der Waals surface area contributed by atoms with Crippen molar-refractivity contribution >= 4 is 11.0 Å². The Morgan fingerprint density at radius 3 is 2.50 bits per heavy atom. The highest BCUT2D eigenvalue weighted by atomic mass is 16.5. The Bertz CT molecular complexity index is 520. The number of fused-ring (bicyclic) bond motifs is 1. The van der Waals surface area contributed by atoms with Crippen LogP contribution in [0.3, 0.4) is 0 Å². The number of nitrogens with zero attached hydrogens (tertiary/aromatic N) is 2. The number of benzene rings is 1. The monoisotopic (exact) mass is 218 g/mol. The van der Waals surface area contributed by atoms with Crippen LogP contribution in [0.2, 0.25) is 0 Å². The zero-order valence-corrected chi connectivity index (χ0v) is 10.5. The summed E-state index contributed by atoms with van der Waals surface area (Å²) < 4.78 is 7.36. The maximum Gasteiger partial charge on any atom is 0.121 e. The van der Waals surface area contributed by atoms with Gasteiger partial charge in [-0.2, -0.15) is 0 Å². The summed E-state index contributed by atoms with van der Waals surface area (Å²) >= 11 is 0. The van der Waals surface area contributed by atoms with Crippen molar-refractivity contribution in [3.05, 3.63) is 24.0 Å². The van der Waals surface area contributed by atoms with Crippen LogP contribution >= 0.6 is 0 Å². The third-order valence-corrected chi connectivity index (χ3v) is 2.76. The van der Waals surface area contributed by atoms with Crippen molar-refractivity contribution in [3.8, 4) is 5.75 Å². The second-order valence-electron chi connectivity index (χ2n) is 5.10. The Hall–Kier alpha value is -1.51. The molecule has 0 spiro atoms. The lowest BCUT2D eigenvalue weighted by Crippen LogP contribution is -2.17. The van der Waals surface area contributed by atoms with Crippen molar-refractivity contribution in [2.75, 3.05) is 7.11 Å². The summed E-state index contributed by atoms with van der Waals surface area (Å²) in [6.07, 6.45) is 0. The van der Waals surface area contributed by atoms with Gasteiger partial charge in [-0.15, -0.1) is 0 Å². The molecule has 3 nitrogen and oxygen atoms in total. The highest BCUT2D eigenvalue weighted by molar-refractivity contribution is 5.78. The number of aromatic nitrogens is 2. The molecule has 2 rings (SSSR count). The smallest absolute Gasteiger partial charge is 0.121 e. The fourth-order valence-corrected chi connectivity index (χ4v) is 1.98. The quantitative estimate of drug-likeness (QED) is 0.736. The van der Waals surface area contributed by atoms with E-state index in [0.29, 0.717) is 0 Å². The largest absolute Gasteiger partial charge is 0.497 e. The Morgan fingerprint density at radius 2 is 1.94 bits per heavy atom. The standard InChI is InChI=1S/C13H18N2O/c1-13(2,3)12-14-10-8-9(16-5)6-7-11(10)15(12)4/h6-8H,1-5H3. The van der Waals surface area contributed by atoms with Crippen LogP contribution in [0.25, 0.3) is 11.0 Å². The summed E-state index contributed by atoms with van der Waals surface area (Å²) in [5.41, 5.74) is 2.19. The molecule has 1 aromatic heterocycles. The average molecular weight is 218 g/mol. The second-order valence-corrected chi connectivity index (χ2v) is 5.10. The molecule has 0 bridgehead atoms. The minimum absolute atomic E-state index is 0.0566. The summed E-state index contributed by atoms with van der Waals surface area (Å²) in [5, 5.41) is 0. The molecular weight excluding hydrogens is 200 g/mol. The van der Waals surface area contributed by atoms with Gasteiger partial charge in [-0.25, -0.2) is 4.98 Å². The lowest BCUT2D eigenvalue weighted by Gasteiger charge is -2.17. The third-order valence-electron chi connectivity index (χ3n) is 2.76. The highest BCUT2D eigenvalue weighted by Crippen LogP contribution is 2.27. The zero-order chi connectivity index (χ0) is 11.9. The SMILES string of the molecule is COc1ccc2c(c1)nc(C(C)(C)C)n2C. The fraction of sp³-hybridized carbons (Fsp3) is 0.462. The molecule has 16 heavy (non-hydrogen) atoms. The molecule has 2 aromatic rings. The number of ether oxygens (including phenoxy) is 1. The van der Waals surface area contributed by atoms with E-state index in [2.05, 4.69) is 43.4 Å². The first-order valence-electron chi connectivity index (χ1n) is 5.44. The Balaban J connectivity index is 2.68. The molecule has 0 atom stereocenters. The summed E-state index contributed by atoms with van der Waals surface area (Å²) in [6.45, 7) is 6.52. The van der Waals surface area contributed by atoms with Crippen LogP contribution < -0.4 is 4.74 Å². The molecule has 0 saturated heterocycles. The van der Waals surface area contributed by atoms with Gasteiger partial charge in [-0.05, 0) is 12.1 Å². The third kappa shape index (κ3) is 1.66. The normalized spacial score (nSPS) is 12.1. The van der Waals surface area contributed by atoms with E-state index in [1.807, 2.05) is 12.1 Å². The summed E-state index contributed by atoms with van der Waals surface area (Å²) in [6, 6.07) is 6.00. The van der Waals surface area contributed by atoms with E-state index in [9.17, 15) is 0 Å². The van der Waals surface area contributed by atoms with E-state index in [-0.39, 0.29) is 5.41 Å². The van der Waals surface area contributed by atoms with Gasteiger partial charge < -0.3 is 9.30 Å². The van der Waals surface area contributed by atoms with Crippen LogP contribution in [-0.4, -0.2) is 16.7 Å². The van der Waals surface area contributed by atoms with Crippen LogP contribution in [-0.2, 0) is 12.5 Å². The Labute approximate surface area is 96.1 Å². The molecule has 0 unspecified atom stereocenters. The zero-order valence-electron chi connectivity index (χ0n) is 10.5. The topological polar surface area (TPSA) is 27.1 Å². The van der Waals surface area contributed by atoms with Gasteiger partial charge in [0.25, 0.3) is 0 Å². The molecule has 0 aliphatic rings. The van der Waals surface area contributed by atoms with E-state index in [1.54, 1.807) is 7.11 Å². The van der Waals surface area contributed by atoms with Crippen molar-refractivity contribution < 1.29 is 4.74 Å². The molecule has 0 N–H and O–H groups in total. The summed E-state index contributed by atoms with van der Waals surface area (Å²) in [4.78, 5) is 4.68. The minimum atomic E-state index is 0.0566. The lowest BCUT2D eigenvalue weighted by atomic mass is 9.96. The fourth-order valence-electron chi connectivity index (χ4n) is 1.98. The number of methoxy groups -OCH3 is 1. The Morgan fingerprint density at radius 1 is 1.25 bits per heavy atom. The van der Waals surface area contributed by atoms with Crippen molar-refractivity contribution in [2.45, 2.75) is 26.2 Å².